The van der Waals surface area contributed by atoms with Gasteiger partial charge in [-0.05, 0) is 26.2 Å². The summed E-state index contributed by atoms with van der Waals surface area (Å²) in [4.78, 5) is 0. The number of rotatable bonds is 5. The van der Waals surface area contributed by atoms with Crippen molar-refractivity contribution in [2.75, 3.05) is 0 Å². The molecule has 0 radical (unpaired) electrons. The summed E-state index contributed by atoms with van der Waals surface area (Å²) in [5, 5.41) is 9.70. The van der Waals surface area contributed by atoms with Crippen molar-refractivity contribution in [2.45, 2.75) is 59.0 Å². The van der Waals surface area contributed by atoms with Crippen LogP contribution in [0.25, 0.3) is 0 Å². The van der Waals surface area contributed by atoms with Gasteiger partial charge in [-0.25, -0.2) is 0 Å². The Morgan fingerprint density at radius 2 is 1.82 bits per heavy atom. The fourth-order valence-corrected chi connectivity index (χ4v) is 1.51. The molecule has 0 fully saturated rings. The molecule has 1 atom stereocenters. The Balaban J connectivity index is 3.76. The van der Waals surface area contributed by atoms with Crippen LogP contribution in [-0.2, 0) is 0 Å². The minimum atomic E-state index is -0.482. The van der Waals surface area contributed by atoms with Gasteiger partial charge in [-0.2, -0.15) is 0 Å². The molecule has 0 aliphatic carbocycles. The van der Waals surface area contributed by atoms with Crippen LogP contribution in [0.5, 0.6) is 0 Å². The van der Waals surface area contributed by atoms with Crippen LogP contribution in [0, 0.1) is 5.92 Å². The number of unbranched alkanes of at least 4 members (excludes halogenated alkanes) is 1. The summed E-state index contributed by atoms with van der Waals surface area (Å²) < 4.78 is 0. The van der Waals surface area contributed by atoms with Crippen molar-refractivity contribution < 1.29 is 5.11 Å². The third kappa shape index (κ3) is 4.41. The maximum Gasteiger partial charge on any atom is 0.0619 e. The second kappa shape index (κ2) is 4.76. The molecule has 0 bridgehead atoms. The van der Waals surface area contributed by atoms with Gasteiger partial charge in [0.2, 0.25) is 0 Å². The van der Waals surface area contributed by atoms with Crippen LogP contribution < -0.4 is 0 Å². The van der Waals surface area contributed by atoms with E-state index in [0.717, 1.165) is 12.8 Å². The molecule has 1 nitrogen and oxygen atoms in total. The quantitative estimate of drug-likeness (QED) is 0.652. The molecule has 0 aromatic rings. The lowest BCUT2D eigenvalue weighted by Gasteiger charge is -2.28. The van der Waals surface area contributed by atoms with Gasteiger partial charge in [0.1, 0.15) is 0 Å². The minimum absolute atomic E-state index is 0.474. The zero-order valence-electron chi connectivity index (χ0n) is 8.35. The maximum absolute atomic E-state index is 9.70. The molecule has 1 heteroatoms. The first-order chi connectivity index (χ1) is 5.02. The predicted octanol–water partition coefficient (Wildman–Crippen LogP) is 2.97. The fraction of sp³-hybridized carbons (Fsp3) is 1.00. The highest BCUT2D eigenvalue weighted by Crippen LogP contribution is 2.24. The van der Waals surface area contributed by atoms with Crippen molar-refractivity contribution in [3.63, 3.8) is 0 Å². The molecule has 1 N–H and O–H groups in total. The predicted molar refractivity (Wildman–Crippen MR) is 49.6 cm³/mol. The Morgan fingerprint density at radius 3 is 2.09 bits per heavy atom. The molecule has 0 saturated carbocycles. The standard InChI is InChI=1S/C10H22O/c1-5-7-8-9(6-2)10(3,4)11/h9,11H,5-8H2,1-4H3/t9-/m0/s1. The summed E-state index contributed by atoms with van der Waals surface area (Å²) in [5.74, 6) is 0.474. The van der Waals surface area contributed by atoms with Gasteiger partial charge in [0.15, 0.2) is 0 Å². The van der Waals surface area contributed by atoms with E-state index in [1.54, 1.807) is 0 Å². The van der Waals surface area contributed by atoms with Gasteiger partial charge in [0.05, 0.1) is 5.60 Å². The first-order valence-corrected chi connectivity index (χ1v) is 4.74. The number of hydrogen-bond donors (Lipinski definition) is 1. The van der Waals surface area contributed by atoms with Crippen LogP contribution in [0.3, 0.4) is 0 Å². The summed E-state index contributed by atoms with van der Waals surface area (Å²) in [6.45, 7) is 8.17. The second-order valence-corrected chi connectivity index (χ2v) is 3.90. The van der Waals surface area contributed by atoms with Crippen molar-refractivity contribution in [1.82, 2.24) is 0 Å². The van der Waals surface area contributed by atoms with Crippen LogP contribution in [0.15, 0.2) is 0 Å². The van der Waals surface area contributed by atoms with E-state index >= 15 is 0 Å². The average molecular weight is 158 g/mol. The highest BCUT2D eigenvalue weighted by molar-refractivity contribution is 4.75. The van der Waals surface area contributed by atoms with E-state index in [1.165, 1.54) is 12.8 Å². The lowest BCUT2D eigenvalue weighted by atomic mass is 9.85. The van der Waals surface area contributed by atoms with Gasteiger partial charge < -0.3 is 5.11 Å². The fourth-order valence-electron chi connectivity index (χ4n) is 1.51. The molecule has 0 rings (SSSR count). The summed E-state index contributed by atoms with van der Waals surface area (Å²) in [5.41, 5.74) is -0.482. The van der Waals surface area contributed by atoms with Gasteiger partial charge >= 0.3 is 0 Å². The zero-order chi connectivity index (χ0) is 8.91. The van der Waals surface area contributed by atoms with Gasteiger partial charge in [-0.15, -0.1) is 0 Å². The summed E-state index contributed by atoms with van der Waals surface area (Å²) >= 11 is 0. The minimum Gasteiger partial charge on any atom is -0.390 e. The maximum atomic E-state index is 9.70. The normalized spacial score (nSPS) is 15.0. The highest BCUT2D eigenvalue weighted by atomic mass is 16.3. The Morgan fingerprint density at radius 1 is 1.27 bits per heavy atom. The Labute approximate surface area is 70.8 Å². The zero-order valence-corrected chi connectivity index (χ0v) is 8.35. The van der Waals surface area contributed by atoms with Crippen molar-refractivity contribution in [3.05, 3.63) is 0 Å². The van der Waals surface area contributed by atoms with Gasteiger partial charge in [0, 0.05) is 0 Å². The average Bonchev–Trinajstić information content (AvgIpc) is 1.87. The monoisotopic (exact) mass is 158 g/mol. The molecule has 0 saturated heterocycles. The van der Waals surface area contributed by atoms with Gasteiger partial charge in [0.25, 0.3) is 0 Å². The molecule has 0 heterocycles. The van der Waals surface area contributed by atoms with Crippen molar-refractivity contribution in [2.24, 2.45) is 5.92 Å². The molecule has 0 aromatic carbocycles. The van der Waals surface area contributed by atoms with E-state index in [2.05, 4.69) is 13.8 Å². The van der Waals surface area contributed by atoms with Crippen LogP contribution in [0.4, 0.5) is 0 Å². The van der Waals surface area contributed by atoms with E-state index in [0.29, 0.717) is 5.92 Å². The third-order valence-electron chi connectivity index (χ3n) is 2.40. The molecule has 0 aromatic heterocycles. The third-order valence-corrected chi connectivity index (χ3v) is 2.40. The highest BCUT2D eigenvalue weighted by Gasteiger charge is 2.23. The largest absolute Gasteiger partial charge is 0.390 e. The number of hydrogen-bond acceptors (Lipinski definition) is 1. The molecular weight excluding hydrogens is 136 g/mol. The second-order valence-electron chi connectivity index (χ2n) is 3.90. The van der Waals surface area contributed by atoms with Crippen molar-refractivity contribution in [1.29, 1.82) is 0 Å². The van der Waals surface area contributed by atoms with Crippen LogP contribution in [-0.4, -0.2) is 10.7 Å². The van der Waals surface area contributed by atoms with Crippen LogP contribution >= 0.6 is 0 Å². The lowest BCUT2D eigenvalue weighted by Crippen LogP contribution is -2.30. The Hall–Kier alpha value is -0.0400. The molecule has 0 aliphatic rings. The molecular formula is C10H22O. The molecule has 0 amide bonds. The van der Waals surface area contributed by atoms with E-state index in [1.807, 2.05) is 13.8 Å². The molecule has 0 aliphatic heterocycles. The lowest BCUT2D eigenvalue weighted by molar-refractivity contribution is 0.0106. The topological polar surface area (TPSA) is 20.2 Å². The first-order valence-electron chi connectivity index (χ1n) is 4.74. The van der Waals surface area contributed by atoms with Crippen LogP contribution in [0.2, 0.25) is 0 Å². The molecule has 0 spiro atoms. The van der Waals surface area contributed by atoms with E-state index in [9.17, 15) is 5.11 Å². The Bertz CT molecular complexity index is 91.5. The number of aliphatic hydroxyl groups is 1. The van der Waals surface area contributed by atoms with Crippen molar-refractivity contribution in [3.8, 4) is 0 Å². The summed E-state index contributed by atoms with van der Waals surface area (Å²) in [6.07, 6.45) is 4.72. The van der Waals surface area contributed by atoms with E-state index < -0.39 is 5.60 Å². The van der Waals surface area contributed by atoms with Crippen LogP contribution in [0.1, 0.15) is 53.4 Å². The first kappa shape index (κ1) is 11.0. The van der Waals surface area contributed by atoms with Gasteiger partial charge in [-0.1, -0.05) is 33.1 Å². The summed E-state index contributed by atoms with van der Waals surface area (Å²) in [6, 6.07) is 0. The van der Waals surface area contributed by atoms with E-state index in [4.69, 9.17) is 0 Å². The Kier molecular flexibility index (Phi) is 4.74. The van der Waals surface area contributed by atoms with E-state index in [-0.39, 0.29) is 0 Å². The molecule has 0 unspecified atom stereocenters. The van der Waals surface area contributed by atoms with Crippen molar-refractivity contribution >= 4 is 0 Å². The molecule has 11 heavy (non-hydrogen) atoms. The smallest absolute Gasteiger partial charge is 0.0619 e. The summed E-state index contributed by atoms with van der Waals surface area (Å²) in [7, 11) is 0. The molecule has 68 valence electrons. The van der Waals surface area contributed by atoms with Gasteiger partial charge in [-0.3, -0.25) is 0 Å². The SMILES string of the molecule is CCCC[C@H](CC)C(C)(C)O.